The third-order valence-electron chi connectivity index (χ3n) is 12.3. The number of hydrogen-bond donors (Lipinski definition) is 0. The Hall–Kier alpha value is -6.16. The van der Waals surface area contributed by atoms with Crippen molar-refractivity contribution < 1.29 is 0 Å². The van der Waals surface area contributed by atoms with Crippen LogP contribution < -0.4 is 9.80 Å². The van der Waals surface area contributed by atoms with Gasteiger partial charge in [0.15, 0.2) is 0 Å². The predicted molar refractivity (Wildman–Crippen MR) is 244 cm³/mol. The number of anilines is 6. The number of rotatable bonds is 7. The van der Waals surface area contributed by atoms with E-state index in [-0.39, 0.29) is 10.8 Å². The minimum absolute atomic E-state index is 0.125. The minimum atomic E-state index is -0.125. The molecule has 0 radical (unpaired) electrons. The molecule has 8 aromatic rings. The number of para-hydroxylation sites is 2. The summed E-state index contributed by atoms with van der Waals surface area (Å²) in [6.45, 7) is 9.42. The highest BCUT2D eigenvalue weighted by atomic mass is 79.9. The Balaban J connectivity index is 1.20. The molecule has 2 nitrogen and oxygen atoms in total. The molecule has 2 aliphatic carbocycles. The Bertz CT molecular complexity index is 2630. The van der Waals surface area contributed by atoms with Crippen molar-refractivity contribution in [1.82, 2.24) is 0 Å². The highest BCUT2D eigenvalue weighted by Crippen LogP contribution is 2.53. The van der Waals surface area contributed by atoms with Gasteiger partial charge in [0.1, 0.15) is 0 Å². The fourth-order valence-electron chi connectivity index (χ4n) is 9.37. The highest BCUT2D eigenvalue weighted by Gasteiger charge is 2.37. The molecule has 276 valence electrons. The Labute approximate surface area is 344 Å². The SMILES string of the molecule is CC1(C)c2ccccc2-c2ccc(N(c3ccccc3)c3cc(-c4ccc(Br)cc4)cc(N(c4ccccc4)c4ccc5c(c4)C(C)(C)c4ccccc4-5)c3)cc21. The number of hydrogen-bond acceptors (Lipinski definition) is 2. The van der Waals surface area contributed by atoms with Gasteiger partial charge in [0.2, 0.25) is 0 Å². The second-order valence-electron chi connectivity index (χ2n) is 16.4. The van der Waals surface area contributed by atoms with E-state index in [0.29, 0.717) is 0 Å². The molecule has 0 fully saturated rings. The molecule has 0 saturated carbocycles. The molecule has 0 amide bonds. The monoisotopic (exact) mass is 798 g/mol. The molecule has 0 spiro atoms. The van der Waals surface area contributed by atoms with Crippen LogP contribution in [0.1, 0.15) is 49.9 Å². The Morgan fingerprint density at radius 1 is 0.316 bits per heavy atom. The molecule has 10 rings (SSSR count). The lowest BCUT2D eigenvalue weighted by Gasteiger charge is -2.32. The second-order valence-corrected chi connectivity index (χ2v) is 17.3. The lowest BCUT2D eigenvalue weighted by molar-refractivity contribution is 0.660. The molecule has 2 aliphatic rings. The van der Waals surface area contributed by atoms with Gasteiger partial charge in [-0.2, -0.15) is 0 Å². The van der Waals surface area contributed by atoms with Crippen LogP contribution in [0, 0.1) is 0 Å². The first kappa shape index (κ1) is 35.3. The molecule has 0 aromatic heterocycles. The first-order chi connectivity index (χ1) is 27.7. The van der Waals surface area contributed by atoms with Crippen LogP contribution in [0.5, 0.6) is 0 Å². The molecule has 0 atom stereocenters. The van der Waals surface area contributed by atoms with Gasteiger partial charge in [0.25, 0.3) is 0 Å². The van der Waals surface area contributed by atoms with E-state index < -0.39 is 0 Å². The van der Waals surface area contributed by atoms with Crippen molar-refractivity contribution in [3.63, 3.8) is 0 Å². The molecule has 0 saturated heterocycles. The number of fused-ring (bicyclic) bond motifs is 6. The summed E-state index contributed by atoms with van der Waals surface area (Å²) in [5.74, 6) is 0. The van der Waals surface area contributed by atoms with Crippen LogP contribution in [0.2, 0.25) is 0 Å². The Morgan fingerprint density at radius 3 is 1.18 bits per heavy atom. The summed E-state index contributed by atoms with van der Waals surface area (Å²) in [6.07, 6.45) is 0. The van der Waals surface area contributed by atoms with Gasteiger partial charge in [-0.1, -0.05) is 153 Å². The molecule has 0 bridgehead atoms. The highest BCUT2D eigenvalue weighted by molar-refractivity contribution is 9.10. The summed E-state index contributed by atoms with van der Waals surface area (Å²) in [7, 11) is 0. The summed E-state index contributed by atoms with van der Waals surface area (Å²) in [5.41, 5.74) is 19.4. The third-order valence-corrected chi connectivity index (χ3v) is 12.8. The standard InChI is InChI=1S/C54H43BrN2/c1-53(2)49-21-13-11-19-45(49)47-29-27-41(34-51(47)53)56(39-15-7-5-8-16-39)43-31-37(36-23-25-38(55)26-24-36)32-44(33-43)57(40-17-9-6-10-18-40)42-28-30-48-46-20-12-14-22-50(46)54(3,4)52(48)35-42/h5-35H,1-4H3. The van der Waals surface area contributed by atoms with Gasteiger partial charge in [-0.15, -0.1) is 0 Å². The van der Waals surface area contributed by atoms with Crippen LogP contribution in [0.25, 0.3) is 33.4 Å². The number of halogens is 1. The van der Waals surface area contributed by atoms with Gasteiger partial charge in [-0.05, 0) is 134 Å². The zero-order valence-electron chi connectivity index (χ0n) is 32.7. The number of nitrogens with zero attached hydrogens (tertiary/aromatic N) is 2. The van der Waals surface area contributed by atoms with E-state index in [1.165, 1.54) is 44.5 Å². The maximum Gasteiger partial charge on any atom is 0.0488 e. The lowest BCUT2D eigenvalue weighted by atomic mass is 9.82. The van der Waals surface area contributed by atoms with E-state index in [2.05, 4.69) is 241 Å². The quantitative estimate of drug-likeness (QED) is 0.158. The van der Waals surface area contributed by atoms with E-state index in [0.717, 1.165) is 49.7 Å². The van der Waals surface area contributed by atoms with Gasteiger partial charge >= 0.3 is 0 Å². The minimum Gasteiger partial charge on any atom is -0.310 e. The van der Waals surface area contributed by atoms with Crippen molar-refractivity contribution >= 4 is 50.1 Å². The summed E-state index contributed by atoms with van der Waals surface area (Å²) in [6, 6.07) is 69.2. The molecule has 0 unspecified atom stereocenters. The molecule has 0 N–H and O–H groups in total. The average molecular weight is 800 g/mol. The van der Waals surface area contributed by atoms with Crippen LogP contribution in [0.15, 0.2) is 193 Å². The van der Waals surface area contributed by atoms with E-state index in [9.17, 15) is 0 Å². The summed E-state index contributed by atoms with van der Waals surface area (Å²) in [5, 5.41) is 0. The first-order valence-electron chi connectivity index (χ1n) is 19.8. The fraction of sp³-hybridized carbons (Fsp3) is 0.111. The van der Waals surface area contributed by atoms with E-state index >= 15 is 0 Å². The van der Waals surface area contributed by atoms with Crippen molar-refractivity contribution in [2.45, 2.75) is 38.5 Å². The Morgan fingerprint density at radius 2 is 0.719 bits per heavy atom. The molecule has 8 aromatic carbocycles. The van der Waals surface area contributed by atoms with Crippen LogP contribution >= 0.6 is 15.9 Å². The van der Waals surface area contributed by atoms with Gasteiger partial charge in [-0.3, -0.25) is 0 Å². The van der Waals surface area contributed by atoms with Gasteiger partial charge in [0, 0.05) is 49.4 Å². The predicted octanol–water partition coefficient (Wildman–Crippen LogP) is 15.7. The topological polar surface area (TPSA) is 6.48 Å². The number of benzene rings is 8. The van der Waals surface area contributed by atoms with Crippen molar-refractivity contribution in [2.75, 3.05) is 9.80 Å². The van der Waals surface area contributed by atoms with Crippen LogP contribution in [-0.4, -0.2) is 0 Å². The average Bonchev–Trinajstić information content (AvgIpc) is 3.61. The van der Waals surface area contributed by atoms with Gasteiger partial charge in [-0.25, -0.2) is 0 Å². The zero-order valence-corrected chi connectivity index (χ0v) is 34.3. The maximum atomic E-state index is 3.69. The van der Waals surface area contributed by atoms with E-state index in [4.69, 9.17) is 0 Å². The molecular weight excluding hydrogens is 757 g/mol. The smallest absolute Gasteiger partial charge is 0.0488 e. The molecule has 57 heavy (non-hydrogen) atoms. The summed E-state index contributed by atoms with van der Waals surface area (Å²) >= 11 is 3.69. The van der Waals surface area contributed by atoms with E-state index in [1.54, 1.807) is 0 Å². The van der Waals surface area contributed by atoms with Crippen molar-refractivity contribution in [1.29, 1.82) is 0 Å². The molecular formula is C54H43BrN2. The van der Waals surface area contributed by atoms with Crippen LogP contribution in [0.4, 0.5) is 34.1 Å². The van der Waals surface area contributed by atoms with Gasteiger partial charge < -0.3 is 9.80 Å². The molecule has 0 aliphatic heterocycles. The van der Waals surface area contributed by atoms with Gasteiger partial charge in [0.05, 0.1) is 0 Å². The molecule has 3 heteroatoms. The van der Waals surface area contributed by atoms with Crippen LogP contribution in [0.3, 0.4) is 0 Å². The maximum absolute atomic E-state index is 3.69. The van der Waals surface area contributed by atoms with Crippen molar-refractivity contribution in [3.8, 4) is 33.4 Å². The van der Waals surface area contributed by atoms with Crippen molar-refractivity contribution in [2.24, 2.45) is 0 Å². The normalized spacial score (nSPS) is 14.0. The van der Waals surface area contributed by atoms with Crippen LogP contribution in [-0.2, 0) is 10.8 Å². The second kappa shape index (κ2) is 13.5. The third kappa shape index (κ3) is 5.83. The fourth-order valence-corrected chi connectivity index (χ4v) is 9.64. The van der Waals surface area contributed by atoms with Crippen molar-refractivity contribution in [3.05, 3.63) is 215 Å². The Kier molecular flexibility index (Phi) is 8.35. The van der Waals surface area contributed by atoms with E-state index in [1.807, 2.05) is 0 Å². The summed E-state index contributed by atoms with van der Waals surface area (Å²) in [4.78, 5) is 4.85. The zero-order chi connectivity index (χ0) is 38.9. The molecule has 0 heterocycles. The largest absolute Gasteiger partial charge is 0.310 e. The lowest BCUT2D eigenvalue weighted by Crippen LogP contribution is -2.17. The summed E-state index contributed by atoms with van der Waals surface area (Å²) < 4.78 is 1.06. The first-order valence-corrected chi connectivity index (χ1v) is 20.6.